The molecule has 5 heteroatoms. The quantitative estimate of drug-likeness (QED) is 0.404. The first-order chi connectivity index (χ1) is 13.2. The Balaban J connectivity index is 2.27. The number of ketones is 1. The smallest absolute Gasteiger partial charge is 0.200 e. The number of hydrogen-bond donors (Lipinski definition) is 4. The van der Waals surface area contributed by atoms with E-state index in [1.54, 1.807) is 37.3 Å². The van der Waals surface area contributed by atoms with Crippen molar-refractivity contribution in [2.45, 2.75) is 39.2 Å². The standard InChI is InChI=1S/C23H26O5/c1-14(2)18(24)12-10-15(3)9-11-17-19(25)13-20(26)21(23(17)28)22(27)16-7-5-4-6-8-16/h4-9,13,18,24-26,28H,1,10-12H2,2-3H3/b15-9+. The van der Waals surface area contributed by atoms with E-state index in [9.17, 15) is 25.2 Å². The van der Waals surface area contributed by atoms with Gasteiger partial charge in [0.15, 0.2) is 0 Å². The van der Waals surface area contributed by atoms with E-state index in [0.717, 1.165) is 11.6 Å². The summed E-state index contributed by atoms with van der Waals surface area (Å²) < 4.78 is 0. The maximum Gasteiger partial charge on any atom is 0.200 e. The summed E-state index contributed by atoms with van der Waals surface area (Å²) in [7, 11) is 0. The maximum absolute atomic E-state index is 12.7. The number of allylic oxidation sites excluding steroid dienone is 2. The van der Waals surface area contributed by atoms with Gasteiger partial charge in [-0.15, -0.1) is 0 Å². The zero-order valence-corrected chi connectivity index (χ0v) is 16.1. The number of benzene rings is 2. The van der Waals surface area contributed by atoms with Crippen molar-refractivity contribution in [2.75, 3.05) is 0 Å². The number of aromatic hydroxyl groups is 3. The number of hydrogen-bond acceptors (Lipinski definition) is 5. The molecule has 0 saturated heterocycles. The average Bonchev–Trinajstić information content (AvgIpc) is 2.66. The number of carbonyl (C=O) groups is 1. The van der Waals surface area contributed by atoms with Gasteiger partial charge in [-0.25, -0.2) is 0 Å². The molecule has 0 aliphatic rings. The van der Waals surface area contributed by atoms with Gasteiger partial charge in [-0.05, 0) is 33.1 Å². The molecule has 0 saturated carbocycles. The van der Waals surface area contributed by atoms with Gasteiger partial charge in [0, 0.05) is 17.2 Å². The van der Waals surface area contributed by atoms with Crippen LogP contribution < -0.4 is 0 Å². The van der Waals surface area contributed by atoms with Gasteiger partial charge in [0.1, 0.15) is 22.8 Å². The van der Waals surface area contributed by atoms with Crippen molar-refractivity contribution in [2.24, 2.45) is 0 Å². The van der Waals surface area contributed by atoms with Gasteiger partial charge in [0.05, 0.1) is 6.10 Å². The summed E-state index contributed by atoms with van der Waals surface area (Å²) in [6, 6.07) is 9.38. The minimum Gasteiger partial charge on any atom is -0.507 e. The van der Waals surface area contributed by atoms with Crippen LogP contribution in [0.1, 0.15) is 48.2 Å². The summed E-state index contributed by atoms with van der Waals surface area (Å²) in [5.74, 6) is -1.72. The summed E-state index contributed by atoms with van der Waals surface area (Å²) in [6.45, 7) is 7.37. The molecule has 0 bridgehead atoms. The lowest BCUT2D eigenvalue weighted by Crippen LogP contribution is -2.07. The molecule has 0 fully saturated rings. The lowest BCUT2D eigenvalue weighted by Gasteiger charge is -2.13. The van der Waals surface area contributed by atoms with Crippen molar-refractivity contribution < 1.29 is 25.2 Å². The van der Waals surface area contributed by atoms with Gasteiger partial charge in [-0.3, -0.25) is 4.79 Å². The van der Waals surface area contributed by atoms with Gasteiger partial charge < -0.3 is 20.4 Å². The first-order valence-electron chi connectivity index (χ1n) is 9.08. The van der Waals surface area contributed by atoms with Crippen LogP contribution in [0, 0.1) is 0 Å². The largest absolute Gasteiger partial charge is 0.507 e. The predicted molar refractivity (Wildman–Crippen MR) is 109 cm³/mol. The minimum absolute atomic E-state index is 0.164. The molecule has 2 rings (SSSR count). The fraction of sp³-hybridized carbons (Fsp3) is 0.261. The monoisotopic (exact) mass is 382 g/mol. The van der Waals surface area contributed by atoms with E-state index in [0.29, 0.717) is 24.0 Å². The highest BCUT2D eigenvalue weighted by atomic mass is 16.3. The van der Waals surface area contributed by atoms with Crippen molar-refractivity contribution in [1.29, 1.82) is 0 Å². The molecule has 5 nitrogen and oxygen atoms in total. The van der Waals surface area contributed by atoms with Crippen molar-refractivity contribution >= 4 is 5.78 Å². The third-order valence-corrected chi connectivity index (χ3v) is 4.66. The van der Waals surface area contributed by atoms with Crippen LogP contribution in [0.4, 0.5) is 0 Å². The van der Waals surface area contributed by atoms with E-state index in [4.69, 9.17) is 0 Å². The first-order valence-corrected chi connectivity index (χ1v) is 9.08. The van der Waals surface area contributed by atoms with Crippen molar-refractivity contribution in [3.63, 3.8) is 0 Å². The molecule has 1 atom stereocenters. The van der Waals surface area contributed by atoms with E-state index in [1.807, 2.05) is 13.0 Å². The summed E-state index contributed by atoms with van der Waals surface area (Å²) in [6.07, 6.45) is 2.58. The van der Waals surface area contributed by atoms with E-state index >= 15 is 0 Å². The predicted octanol–water partition coefficient (Wildman–Crippen LogP) is 4.24. The molecule has 0 aliphatic heterocycles. The van der Waals surface area contributed by atoms with Gasteiger partial charge in [0.2, 0.25) is 5.78 Å². The Morgan fingerprint density at radius 1 is 1.11 bits per heavy atom. The van der Waals surface area contributed by atoms with Crippen LogP contribution in [0.3, 0.4) is 0 Å². The molecule has 4 N–H and O–H groups in total. The van der Waals surface area contributed by atoms with Gasteiger partial charge in [-0.2, -0.15) is 0 Å². The van der Waals surface area contributed by atoms with Crippen molar-refractivity contribution in [1.82, 2.24) is 0 Å². The van der Waals surface area contributed by atoms with Crippen molar-refractivity contribution in [3.05, 3.63) is 76.9 Å². The van der Waals surface area contributed by atoms with Crippen LogP contribution in [0.2, 0.25) is 0 Å². The SMILES string of the molecule is C=C(C)C(O)CC/C(C)=C/Cc1c(O)cc(O)c(C(=O)c2ccccc2)c1O. The molecule has 0 spiro atoms. The topological polar surface area (TPSA) is 98.0 Å². The fourth-order valence-electron chi connectivity index (χ4n) is 2.83. The Morgan fingerprint density at radius 2 is 1.75 bits per heavy atom. The second kappa shape index (κ2) is 9.24. The Bertz CT molecular complexity index is 897. The Kier molecular flexibility index (Phi) is 7.01. The molecular formula is C23H26O5. The second-order valence-electron chi connectivity index (χ2n) is 6.97. The lowest BCUT2D eigenvalue weighted by atomic mass is 9.96. The van der Waals surface area contributed by atoms with Crippen LogP contribution in [0.15, 0.2) is 60.2 Å². The van der Waals surface area contributed by atoms with Gasteiger partial charge >= 0.3 is 0 Å². The van der Waals surface area contributed by atoms with Crippen LogP contribution in [-0.4, -0.2) is 32.3 Å². The summed E-state index contributed by atoms with van der Waals surface area (Å²) in [5, 5.41) is 40.6. The molecule has 0 aromatic heterocycles. The number of aliphatic hydroxyl groups is 1. The number of rotatable bonds is 8. The molecule has 0 amide bonds. The maximum atomic E-state index is 12.7. The fourth-order valence-corrected chi connectivity index (χ4v) is 2.83. The number of phenols is 3. The lowest BCUT2D eigenvalue weighted by molar-refractivity contribution is 0.103. The normalized spacial score (nSPS) is 12.6. The third kappa shape index (κ3) is 5.02. The van der Waals surface area contributed by atoms with Crippen LogP contribution in [0.25, 0.3) is 0 Å². The molecule has 28 heavy (non-hydrogen) atoms. The van der Waals surface area contributed by atoms with Crippen LogP contribution in [-0.2, 0) is 6.42 Å². The van der Waals surface area contributed by atoms with Crippen LogP contribution >= 0.6 is 0 Å². The van der Waals surface area contributed by atoms with E-state index < -0.39 is 23.4 Å². The zero-order chi connectivity index (χ0) is 20.8. The van der Waals surface area contributed by atoms with E-state index in [-0.39, 0.29) is 23.3 Å². The molecule has 0 radical (unpaired) electrons. The summed E-state index contributed by atoms with van der Waals surface area (Å²) >= 11 is 0. The van der Waals surface area contributed by atoms with E-state index in [2.05, 4.69) is 6.58 Å². The Labute approximate surface area is 164 Å². The summed E-state index contributed by atoms with van der Waals surface area (Å²) in [4.78, 5) is 12.7. The molecule has 2 aromatic carbocycles. The first kappa shape index (κ1) is 21.3. The molecule has 0 heterocycles. The third-order valence-electron chi connectivity index (χ3n) is 4.66. The highest BCUT2D eigenvalue weighted by Crippen LogP contribution is 2.39. The van der Waals surface area contributed by atoms with Crippen LogP contribution in [0.5, 0.6) is 17.2 Å². The van der Waals surface area contributed by atoms with Gasteiger partial charge in [-0.1, -0.05) is 54.1 Å². The molecule has 2 aromatic rings. The highest BCUT2D eigenvalue weighted by Gasteiger charge is 2.23. The molecular weight excluding hydrogens is 356 g/mol. The zero-order valence-electron chi connectivity index (χ0n) is 16.1. The van der Waals surface area contributed by atoms with E-state index in [1.165, 1.54) is 0 Å². The highest BCUT2D eigenvalue weighted by molar-refractivity contribution is 6.12. The average molecular weight is 382 g/mol. The molecule has 0 aliphatic carbocycles. The number of aliphatic hydroxyl groups excluding tert-OH is 1. The van der Waals surface area contributed by atoms with Gasteiger partial charge in [0.25, 0.3) is 0 Å². The van der Waals surface area contributed by atoms with Crippen molar-refractivity contribution in [3.8, 4) is 17.2 Å². The molecule has 1 unspecified atom stereocenters. The second-order valence-corrected chi connectivity index (χ2v) is 6.97. The number of carbonyl (C=O) groups excluding carboxylic acids is 1. The summed E-state index contributed by atoms with van der Waals surface area (Å²) in [5.41, 5.74) is 1.92. The minimum atomic E-state index is -0.575. The molecule has 148 valence electrons. The Morgan fingerprint density at radius 3 is 2.36 bits per heavy atom. The number of phenolic OH excluding ortho intramolecular Hbond substituents is 3. The Hall–Kier alpha value is -3.05.